The summed E-state index contributed by atoms with van der Waals surface area (Å²) < 4.78 is 7.41. The third kappa shape index (κ3) is 1.93. The Balaban J connectivity index is 1.87. The van der Waals surface area contributed by atoms with Gasteiger partial charge in [-0.15, -0.1) is 5.10 Å². The van der Waals surface area contributed by atoms with Crippen molar-refractivity contribution in [3.05, 3.63) is 6.33 Å². The first kappa shape index (κ1) is 10.4. The van der Waals surface area contributed by atoms with Crippen molar-refractivity contribution in [1.82, 2.24) is 25.0 Å². The molecular formula is C10H14N6O. The Hall–Kier alpha value is -1.76. The van der Waals surface area contributed by atoms with E-state index in [1.807, 2.05) is 0 Å². The molecule has 2 aromatic rings. The van der Waals surface area contributed by atoms with Crippen molar-refractivity contribution in [2.75, 3.05) is 12.3 Å². The number of hydrogen-bond acceptors (Lipinski definition) is 6. The molecule has 1 saturated heterocycles. The fraction of sp³-hybridized carbons (Fsp3) is 0.600. The summed E-state index contributed by atoms with van der Waals surface area (Å²) in [7, 11) is 0. The van der Waals surface area contributed by atoms with Crippen LogP contribution in [0.15, 0.2) is 6.33 Å². The minimum atomic E-state index is 0.199. The monoisotopic (exact) mass is 234 g/mol. The van der Waals surface area contributed by atoms with Gasteiger partial charge >= 0.3 is 0 Å². The Labute approximate surface area is 98.0 Å². The van der Waals surface area contributed by atoms with Gasteiger partial charge in [0.2, 0.25) is 0 Å². The van der Waals surface area contributed by atoms with E-state index in [2.05, 4.69) is 20.3 Å². The summed E-state index contributed by atoms with van der Waals surface area (Å²) in [6.45, 7) is 1.50. The average Bonchev–Trinajstić information content (AvgIpc) is 2.76. The predicted molar refractivity (Wildman–Crippen MR) is 61.1 cm³/mol. The largest absolute Gasteiger partial charge is 0.382 e. The molecule has 3 rings (SSSR count). The molecule has 17 heavy (non-hydrogen) atoms. The summed E-state index contributed by atoms with van der Waals surface area (Å²) >= 11 is 0. The number of nitrogen functional groups attached to an aromatic ring is 1. The minimum Gasteiger partial charge on any atom is -0.382 e. The Kier molecular flexibility index (Phi) is 2.60. The van der Waals surface area contributed by atoms with Crippen molar-refractivity contribution in [2.45, 2.75) is 31.9 Å². The van der Waals surface area contributed by atoms with Crippen molar-refractivity contribution in [3.63, 3.8) is 0 Å². The summed E-state index contributed by atoms with van der Waals surface area (Å²) in [6.07, 6.45) is 5.03. The number of anilines is 1. The molecule has 0 saturated carbocycles. The molecule has 1 aliphatic rings. The van der Waals surface area contributed by atoms with Gasteiger partial charge in [0.25, 0.3) is 0 Å². The smallest absolute Gasteiger partial charge is 0.183 e. The van der Waals surface area contributed by atoms with Gasteiger partial charge < -0.3 is 10.5 Å². The number of ether oxygens (including phenoxy) is 1. The van der Waals surface area contributed by atoms with Crippen LogP contribution in [-0.4, -0.2) is 37.7 Å². The molecule has 2 N–H and O–H groups in total. The van der Waals surface area contributed by atoms with E-state index in [1.165, 1.54) is 12.7 Å². The number of hydrogen-bond donors (Lipinski definition) is 1. The van der Waals surface area contributed by atoms with E-state index in [-0.39, 0.29) is 6.10 Å². The summed E-state index contributed by atoms with van der Waals surface area (Å²) in [6, 6.07) is 0. The van der Waals surface area contributed by atoms with Crippen LogP contribution in [0.5, 0.6) is 0 Å². The molecule has 7 heteroatoms. The SMILES string of the molecule is Nc1ncnc2c1nnn2CC1CCCCO1. The molecule has 2 aromatic heterocycles. The van der Waals surface area contributed by atoms with Gasteiger partial charge in [-0.05, 0) is 19.3 Å². The van der Waals surface area contributed by atoms with Crippen molar-refractivity contribution in [2.24, 2.45) is 0 Å². The molecule has 0 aliphatic carbocycles. The van der Waals surface area contributed by atoms with E-state index in [9.17, 15) is 0 Å². The van der Waals surface area contributed by atoms with Crippen molar-refractivity contribution < 1.29 is 4.74 Å². The lowest BCUT2D eigenvalue weighted by atomic mass is 10.1. The Bertz CT molecular complexity index is 518. The van der Waals surface area contributed by atoms with E-state index < -0.39 is 0 Å². The highest BCUT2D eigenvalue weighted by Gasteiger charge is 2.17. The molecule has 1 atom stereocenters. The second-order valence-electron chi connectivity index (χ2n) is 4.19. The standard InChI is InChI=1S/C10H14N6O/c11-9-8-10(13-6-12-9)16(15-14-8)5-7-3-1-2-4-17-7/h6-7H,1-5H2,(H2,11,12,13). The normalized spacial score (nSPS) is 20.8. The van der Waals surface area contributed by atoms with Gasteiger partial charge in [0.15, 0.2) is 17.0 Å². The van der Waals surface area contributed by atoms with Gasteiger partial charge in [-0.2, -0.15) is 0 Å². The van der Waals surface area contributed by atoms with E-state index in [4.69, 9.17) is 10.5 Å². The maximum atomic E-state index is 5.70. The van der Waals surface area contributed by atoms with Crippen molar-refractivity contribution in [3.8, 4) is 0 Å². The second-order valence-corrected chi connectivity index (χ2v) is 4.19. The zero-order valence-corrected chi connectivity index (χ0v) is 9.41. The number of nitrogens with two attached hydrogens (primary N) is 1. The Morgan fingerprint density at radius 3 is 3.18 bits per heavy atom. The van der Waals surface area contributed by atoms with Crippen LogP contribution in [0.4, 0.5) is 5.82 Å². The number of rotatable bonds is 2. The van der Waals surface area contributed by atoms with Gasteiger partial charge in [0.05, 0.1) is 12.6 Å². The van der Waals surface area contributed by atoms with Crippen LogP contribution >= 0.6 is 0 Å². The highest BCUT2D eigenvalue weighted by atomic mass is 16.5. The van der Waals surface area contributed by atoms with Gasteiger partial charge in [0, 0.05) is 6.61 Å². The second kappa shape index (κ2) is 4.25. The molecule has 0 amide bonds. The maximum absolute atomic E-state index is 5.70. The summed E-state index contributed by atoms with van der Waals surface area (Å²) in [5.74, 6) is 0.366. The molecule has 7 nitrogen and oxygen atoms in total. The van der Waals surface area contributed by atoms with Gasteiger partial charge in [0.1, 0.15) is 6.33 Å². The fourth-order valence-electron chi connectivity index (χ4n) is 2.08. The molecule has 0 bridgehead atoms. The van der Waals surface area contributed by atoms with E-state index in [0.717, 1.165) is 19.4 Å². The first-order valence-electron chi connectivity index (χ1n) is 5.76. The zero-order valence-electron chi connectivity index (χ0n) is 9.41. The third-order valence-electron chi connectivity index (χ3n) is 2.98. The van der Waals surface area contributed by atoms with Gasteiger partial charge in [-0.3, -0.25) is 0 Å². The molecular weight excluding hydrogens is 220 g/mol. The minimum absolute atomic E-state index is 0.199. The molecule has 0 radical (unpaired) electrons. The van der Waals surface area contributed by atoms with E-state index in [0.29, 0.717) is 23.5 Å². The maximum Gasteiger partial charge on any atom is 0.183 e. The lowest BCUT2D eigenvalue weighted by Crippen LogP contribution is -2.25. The topological polar surface area (TPSA) is 91.7 Å². The molecule has 1 aliphatic heterocycles. The van der Waals surface area contributed by atoms with E-state index >= 15 is 0 Å². The fourth-order valence-corrected chi connectivity index (χ4v) is 2.08. The average molecular weight is 234 g/mol. The van der Waals surface area contributed by atoms with Gasteiger partial charge in [-0.1, -0.05) is 5.21 Å². The summed E-state index contributed by atoms with van der Waals surface area (Å²) in [5, 5.41) is 8.05. The number of aromatic nitrogens is 5. The zero-order chi connectivity index (χ0) is 11.7. The quantitative estimate of drug-likeness (QED) is 0.807. The Morgan fingerprint density at radius 1 is 1.41 bits per heavy atom. The lowest BCUT2D eigenvalue weighted by Gasteiger charge is -2.22. The van der Waals surface area contributed by atoms with Crippen LogP contribution in [0.2, 0.25) is 0 Å². The van der Waals surface area contributed by atoms with Gasteiger partial charge in [-0.25, -0.2) is 14.6 Å². The van der Waals surface area contributed by atoms with Crippen LogP contribution < -0.4 is 5.73 Å². The third-order valence-corrected chi connectivity index (χ3v) is 2.98. The molecule has 1 unspecified atom stereocenters. The van der Waals surface area contributed by atoms with Crippen molar-refractivity contribution >= 4 is 17.0 Å². The number of fused-ring (bicyclic) bond motifs is 1. The highest BCUT2D eigenvalue weighted by molar-refractivity contribution is 5.80. The van der Waals surface area contributed by atoms with Crippen molar-refractivity contribution in [1.29, 1.82) is 0 Å². The molecule has 90 valence electrons. The highest BCUT2D eigenvalue weighted by Crippen LogP contribution is 2.17. The summed E-state index contributed by atoms with van der Waals surface area (Å²) in [5.41, 5.74) is 6.94. The molecule has 3 heterocycles. The summed E-state index contributed by atoms with van der Waals surface area (Å²) in [4.78, 5) is 8.05. The predicted octanol–water partition coefficient (Wildman–Crippen LogP) is 0.373. The number of nitrogens with zero attached hydrogens (tertiary/aromatic N) is 5. The Morgan fingerprint density at radius 2 is 2.35 bits per heavy atom. The van der Waals surface area contributed by atoms with Crippen LogP contribution in [-0.2, 0) is 11.3 Å². The van der Waals surface area contributed by atoms with Crippen LogP contribution in [0, 0.1) is 0 Å². The van der Waals surface area contributed by atoms with E-state index in [1.54, 1.807) is 4.68 Å². The van der Waals surface area contributed by atoms with Crippen LogP contribution in [0.1, 0.15) is 19.3 Å². The van der Waals surface area contributed by atoms with Crippen LogP contribution in [0.25, 0.3) is 11.2 Å². The first-order valence-corrected chi connectivity index (χ1v) is 5.76. The molecule has 0 spiro atoms. The van der Waals surface area contributed by atoms with Crippen LogP contribution in [0.3, 0.4) is 0 Å². The molecule has 1 fully saturated rings. The lowest BCUT2D eigenvalue weighted by molar-refractivity contribution is 0.00433. The first-order chi connectivity index (χ1) is 8.34. The molecule has 0 aromatic carbocycles.